The molecule has 0 aliphatic carbocycles. The van der Waals surface area contributed by atoms with E-state index in [1.54, 1.807) is 17.0 Å². The Morgan fingerprint density at radius 2 is 1.89 bits per heavy atom. The van der Waals surface area contributed by atoms with Crippen LogP contribution >= 0.6 is 0 Å². The largest absolute Gasteiger partial charge is 0.455 e. The Morgan fingerprint density at radius 1 is 1.22 bits per heavy atom. The molecule has 150 valence electrons. The predicted octanol–water partition coefficient (Wildman–Crippen LogP) is 1.95. The summed E-state index contributed by atoms with van der Waals surface area (Å²) >= 11 is 0. The summed E-state index contributed by atoms with van der Waals surface area (Å²) in [5.41, 5.74) is 0.942. The van der Waals surface area contributed by atoms with Crippen molar-refractivity contribution < 1.29 is 22.7 Å². The van der Waals surface area contributed by atoms with E-state index in [1.165, 1.54) is 19.2 Å². The molecule has 0 bridgehead atoms. The molecule has 1 aliphatic heterocycles. The maximum absolute atomic E-state index is 12.5. The molecule has 1 aromatic carbocycles. The molecule has 1 aromatic rings. The average Bonchev–Trinajstić information content (AvgIpc) is 2.66. The van der Waals surface area contributed by atoms with Gasteiger partial charge in [-0.1, -0.05) is 24.6 Å². The molecule has 2 rings (SSSR count). The van der Waals surface area contributed by atoms with Crippen LogP contribution in [0.1, 0.15) is 38.2 Å². The highest BCUT2D eigenvalue weighted by Gasteiger charge is 2.27. The van der Waals surface area contributed by atoms with Crippen LogP contribution in [0.2, 0.25) is 0 Å². The number of amides is 1. The van der Waals surface area contributed by atoms with Gasteiger partial charge in [-0.2, -0.15) is 4.31 Å². The molecule has 1 fully saturated rings. The second-order valence-electron chi connectivity index (χ2n) is 6.88. The minimum absolute atomic E-state index is 0.110. The molecule has 1 atom stereocenters. The number of aryl methyl sites for hydroxylation is 1. The van der Waals surface area contributed by atoms with Gasteiger partial charge in [-0.05, 0) is 44.7 Å². The summed E-state index contributed by atoms with van der Waals surface area (Å²) in [7, 11) is -2.47. The summed E-state index contributed by atoms with van der Waals surface area (Å²) in [6.07, 6.45) is 3.89. The smallest absolute Gasteiger partial charge is 0.321 e. The van der Waals surface area contributed by atoms with Crippen LogP contribution in [0.5, 0.6) is 0 Å². The summed E-state index contributed by atoms with van der Waals surface area (Å²) in [5, 5.41) is 0. The fraction of sp³-hybridized carbons (Fsp3) is 0.579. The quantitative estimate of drug-likeness (QED) is 0.658. The molecular formula is C19H28N2O5S. The van der Waals surface area contributed by atoms with Gasteiger partial charge in [0.25, 0.3) is 5.91 Å². The summed E-state index contributed by atoms with van der Waals surface area (Å²) in [5.74, 6) is -0.967. The molecule has 0 spiro atoms. The van der Waals surface area contributed by atoms with E-state index >= 15 is 0 Å². The zero-order valence-electron chi connectivity index (χ0n) is 16.2. The number of hydrogen-bond acceptors (Lipinski definition) is 5. The summed E-state index contributed by atoms with van der Waals surface area (Å²) in [6.45, 7) is 3.78. The number of likely N-dealkylation sites (tertiary alicyclic amines) is 1. The van der Waals surface area contributed by atoms with Crippen LogP contribution in [0.4, 0.5) is 0 Å². The minimum Gasteiger partial charge on any atom is -0.455 e. The lowest BCUT2D eigenvalue weighted by molar-refractivity contribution is -0.153. The lowest BCUT2D eigenvalue weighted by Gasteiger charge is -2.35. The first-order chi connectivity index (χ1) is 12.8. The number of hydrogen-bond donors (Lipinski definition) is 0. The molecule has 0 aromatic heterocycles. The second-order valence-corrected chi connectivity index (χ2v) is 8.92. The van der Waals surface area contributed by atoms with E-state index in [1.807, 2.05) is 13.8 Å². The Morgan fingerprint density at radius 3 is 2.52 bits per heavy atom. The highest BCUT2D eigenvalue weighted by molar-refractivity contribution is 7.89. The molecule has 1 aliphatic rings. The molecule has 0 N–H and O–H groups in total. The minimum atomic E-state index is -3.79. The molecule has 1 heterocycles. The van der Waals surface area contributed by atoms with Crippen molar-refractivity contribution in [3.63, 3.8) is 0 Å². The van der Waals surface area contributed by atoms with E-state index in [9.17, 15) is 18.0 Å². The normalized spacial score (nSPS) is 17.8. The number of rotatable bonds is 7. The zero-order valence-corrected chi connectivity index (χ0v) is 17.0. The van der Waals surface area contributed by atoms with Gasteiger partial charge in [0.2, 0.25) is 10.0 Å². The van der Waals surface area contributed by atoms with Crippen LogP contribution in [-0.2, 0) is 24.3 Å². The number of esters is 1. The molecule has 0 unspecified atom stereocenters. The number of carbonyl (C=O) groups is 2. The molecule has 0 saturated carbocycles. The number of piperidine rings is 1. The van der Waals surface area contributed by atoms with E-state index in [-0.39, 0.29) is 23.5 Å². The number of carbonyl (C=O) groups excluding carboxylic acids is 2. The Bertz CT molecular complexity index is 761. The molecule has 1 saturated heterocycles. The maximum atomic E-state index is 12.5. The van der Waals surface area contributed by atoms with E-state index in [2.05, 4.69) is 0 Å². The Labute approximate surface area is 161 Å². The monoisotopic (exact) mass is 396 g/mol. The van der Waals surface area contributed by atoms with Crippen molar-refractivity contribution in [3.8, 4) is 0 Å². The SMILES string of the molecule is CC[C@H]1CCCCN1C(=O)COC(=O)CN(C)S(=O)(=O)c1ccc(C)cc1. The number of nitrogens with zero attached hydrogens (tertiary/aromatic N) is 2. The number of ether oxygens (including phenoxy) is 1. The van der Waals surface area contributed by atoms with Crippen LogP contribution in [-0.4, -0.2) is 62.3 Å². The van der Waals surface area contributed by atoms with Crippen molar-refractivity contribution in [2.45, 2.75) is 50.5 Å². The van der Waals surface area contributed by atoms with E-state index in [4.69, 9.17) is 4.74 Å². The molecule has 8 heteroatoms. The van der Waals surface area contributed by atoms with Gasteiger partial charge in [-0.15, -0.1) is 0 Å². The molecule has 7 nitrogen and oxygen atoms in total. The lowest BCUT2D eigenvalue weighted by atomic mass is 10.00. The Hall–Kier alpha value is -1.93. The third-order valence-electron chi connectivity index (χ3n) is 4.86. The Kier molecular flexibility index (Phi) is 7.38. The Balaban J connectivity index is 1.89. The summed E-state index contributed by atoms with van der Waals surface area (Å²) < 4.78 is 30.9. The lowest BCUT2D eigenvalue weighted by Crippen LogP contribution is -2.45. The van der Waals surface area contributed by atoms with Gasteiger partial charge in [-0.3, -0.25) is 9.59 Å². The first-order valence-corrected chi connectivity index (χ1v) is 10.7. The first-order valence-electron chi connectivity index (χ1n) is 9.23. The summed E-state index contributed by atoms with van der Waals surface area (Å²) in [4.78, 5) is 26.2. The summed E-state index contributed by atoms with van der Waals surface area (Å²) in [6, 6.07) is 6.57. The van der Waals surface area contributed by atoms with Gasteiger partial charge in [0.1, 0.15) is 6.54 Å². The van der Waals surface area contributed by atoms with Crippen LogP contribution in [0.3, 0.4) is 0 Å². The van der Waals surface area contributed by atoms with Crippen LogP contribution in [0, 0.1) is 6.92 Å². The van der Waals surface area contributed by atoms with Crippen molar-refractivity contribution in [1.82, 2.24) is 9.21 Å². The first kappa shape index (κ1) is 21.4. The fourth-order valence-electron chi connectivity index (χ4n) is 3.18. The van der Waals surface area contributed by atoms with Crippen molar-refractivity contribution in [2.24, 2.45) is 0 Å². The maximum Gasteiger partial charge on any atom is 0.321 e. The molecule has 1 amide bonds. The molecule has 0 radical (unpaired) electrons. The van der Waals surface area contributed by atoms with E-state index in [0.29, 0.717) is 6.54 Å². The van der Waals surface area contributed by atoms with E-state index < -0.39 is 22.5 Å². The third kappa shape index (κ3) is 5.52. The third-order valence-corrected chi connectivity index (χ3v) is 6.67. The van der Waals surface area contributed by atoms with Crippen molar-refractivity contribution >= 4 is 21.9 Å². The number of sulfonamides is 1. The second kappa shape index (κ2) is 9.32. The number of benzene rings is 1. The standard InChI is InChI=1S/C19H28N2O5S/c1-4-16-7-5-6-12-21(16)18(22)14-26-19(23)13-20(3)27(24,25)17-10-8-15(2)9-11-17/h8-11,16H,4-7,12-14H2,1-3H3/t16-/m0/s1. The fourth-order valence-corrected chi connectivity index (χ4v) is 4.30. The average molecular weight is 397 g/mol. The zero-order chi connectivity index (χ0) is 20.0. The number of likely N-dealkylation sites (N-methyl/N-ethyl adjacent to an activating group) is 1. The van der Waals surface area contributed by atoms with Crippen molar-refractivity contribution in [3.05, 3.63) is 29.8 Å². The highest BCUT2D eigenvalue weighted by atomic mass is 32.2. The van der Waals surface area contributed by atoms with Crippen LogP contribution < -0.4 is 0 Å². The molecule has 27 heavy (non-hydrogen) atoms. The van der Waals surface area contributed by atoms with Gasteiger partial charge in [-0.25, -0.2) is 8.42 Å². The van der Waals surface area contributed by atoms with Gasteiger partial charge in [0.15, 0.2) is 6.61 Å². The molecular weight excluding hydrogens is 368 g/mol. The topological polar surface area (TPSA) is 84.0 Å². The highest BCUT2D eigenvalue weighted by Crippen LogP contribution is 2.19. The van der Waals surface area contributed by atoms with Gasteiger partial charge in [0.05, 0.1) is 4.90 Å². The van der Waals surface area contributed by atoms with Gasteiger partial charge < -0.3 is 9.64 Å². The van der Waals surface area contributed by atoms with Crippen LogP contribution in [0.15, 0.2) is 29.2 Å². The van der Waals surface area contributed by atoms with Gasteiger partial charge >= 0.3 is 5.97 Å². The van der Waals surface area contributed by atoms with Crippen molar-refractivity contribution in [1.29, 1.82) is 0 Å². The van der Waals surface area contributed by atoms with Crippen molar-refractivity contribution in [2.75, 3.05) is 26.7 Å². The van der Waals surface area contributed by atoms with Crippen LogP contribution in [0.25, 0.3) is 0 Å². The van der Waals surface area contributed by atoms with Gasteiger partial charge in [0, 0.05) is 19.6 Å². The predicted molar refractivity (Wildman–Crippen MR) is 102 cm³/mol. The van der Waals surface area contributed by atoms with E-state index in [0.717, 1.165) is 35.6 Å².